The number of carbonyl (C=O) groups excluding carboxylic acids is 1. The molecular formula is C22H19BrCl2N4O3S. The minimum absolute atomic E-state index is 0.0549. The van der Waals surface area contributed by atoms with Crippen molar-refractivity contribution in [1.29, 1.82) is 0 Å². The van der Waals surface area contributed by atoms with E-state index < -0.39 is 5.97 Å². The molecule has 3 heterocycles. The topological polar surface area (TPSA) is 98.3 Å². The first-order valence-corrected chi connectivity index (χ1v) is 12.6. The molecule has 1 aliphatic heterocycles. The first-order chi connectivity index (χ1) is 15.7. The smallest absolute Gasteiger partial charge is 0.348 e. The standard InChI is InChI=1S/C22H19BrCl2N4O3S/c1-8-5-10(23)3-4-11(8)17-19(21(31)32)33-22(28-17)29-6-12-13(7-29)16(12)27-20(30)18-15(25)14(24)9(2)26-18/h3-5,12-13,16,26H,6-7H2,1-2H3,(H,27,30)(H,31,32)/t12-,13+,16?. The molecule has 172 valence electrons. The van der Waals surface area contributed by atoms with Gasteiger partial charge in [-0.05, 0) is 31.5 Å². The SMILES string of the molecule is Cc1cc(Br)ccc1-c1nc(N2C[C@@H]3C(NC(=O)c4[nH]c(C)c(Cl)c4Cl)[C@@H]3C2)sc1C(=O)O. The van der Waals surface area contributed by atoms with E-state index in [4.69, 9.17) is 28.2 Å². The molecule has 3 atom stereocenters. The number of hydrogen-bond acceptors (Lipinski definition) is 5. The summed E-state index contributed by atoms with van der Waals surface area (Å²) >= 11 is 16.9. The fourth-order valence-electron chi connectivity index (χ4n) is 4.51. The summed E-state index contributed by atoms with van der Waals surface area (Å²) in [7, 11) is 0. The summed E-state index contributed by atoms with van der Waals surface area (Å²) < 4.78 is 0.932. The summed E-state index contributed by atoms with van der Waals surface area (Å²) in [4.78, 5) is 34.5. The van der Waals surface area contributed by atoms with Gasteiger partial charge < -0.3 is 20.3 Å². The van der Waals surface area contributed by atoms with Crippen molar-refractivity contribution in [2.45, 2.75) is 19.9 Å². The number of carbonyl (C=O) groups is 2. The highest BCUT2D eigenvalue weighted by molar-refractivity contribution is 9.10. The van der Waals surface area contributed by atoms with Crippen LogP contribution in [0.15, 0.2) is 22.7 Å². The normalized spacial score (nSPS) is 21.2. The van der Waals surface area contributed by atoms with E-state index in [0.717, 1.165) is 15.6 Å². The molecule has 2 fully saturated rings. The Balaban J connectivity index is 1.30. The molecule has 3 aromatic rings. The maximum Gasteiger partial charge on any atom is 0.348 e. The number of thiazole rings is 1. The number of carboxylic acid groups (broad SMARTS) is 1. The molecule has 2 aliphatic rings. The molecule has 33 heavy (non-hydrogen) atoms. The van der Waals surface area contributed by atoms with Crippen molar-refractivity contribution in [3.8, 4) is 11.3 Å². The van der Waals surface area contributed by atoms with Gasteiger partial charge in [-0.3, -0.25) is 4.79 Å². The Morgan fingerprint density at radius 2 is 1.94 bits per heavy atom. The zero-order valence-corrected chi connectivity index (χ0v) is 21.5. The van der Waals surface area contributed by atoms with E-state index in [1.807, 2.05) is 25.1 Å². The van der Waals surface area contributed by atoms with Gasteiger partial charge in [0.2, 0.25) is 0 Å². The number of carboxylic acids is 1. The first-order valence-electron chi connectivity index (χ1n) is 10.3. The number of aromatic amines is 1. The molecule has 1 unspecified atom stereocenters. The van der Waals surface area contributed by atoms with Gasteiger partial charge in [0, 0.05) is 46.7 Å². The van der Waals surface area contributed by atoms with Gasteiger partial charge in [-0.1, -0.05) is 56.5 Å². The molecule has 1 aliphatic carbocycles. The number of hydrogen-bond donors (Lipinski definition) is 3. The van der Waals surface area contributed by atoms with E-state index in [1.165, 1.54) is 11.3 Å². The van der Waals surface area contributed by atoms with Crippen LogP contribution in [0.4, 0.5) is 5.13 Å². The van der Waals surface area contributed by atoms with Crippen molar-refractivity contribution in [3.05, 3.63) is 54.5 Å². The van der Waals surface area contributed by atoms with E-state index in [1.54, 1.807) is 6.92 Å². The number of aryl methyl sites for hydroxylation is 2. The molecule has 1 aromatic carbocycles. The minimum atomic E-state index is -0.984. The third-order valence-electron chi connectivity index (χ3n) is 6.30. The monoisotopic (exact) mass is 568 g/mol. The van der Waals surface area contributed by atoms with Gasteiger partial charge in [-0.2, -0.15) is 0 Å². The van der Waals surface area contributed by atoms with E-state index in [2.05, 4.69) is 31.1 Å². The van der Waals surface area contributed by atoms with Crippen LogP contribution in [0.2, 0.25) is 10.0 Å². The highest BCUT2D eigenvalue weighted by Gasteiger charge is 2.57. The Hall–Kier alpha value is -2.07. The lowest BCUT2D eigenvalue weighted by Crippen LogP contribution is -2.34. The number of H-pyrrole nitrogens is 1. The lowest BCUT2D eigenvalue weighted by atomic mass is 10.1. The third kappa shape index (κ3) is 3.95. The van der Waals surface area contributed by atoms with Crippen molar-refractivity contribution in [3.63, 3.8) is 0 Å². The van der Waals surface area contributed by atoms with Crippen molar-refractivity contribution < 1.29 is 14.7 Å². The number of nitrogens with one attached hydrogen (secondary N) is 2. The summed E-state index contributed by atoms with van der Waals surface area (Å²) in [5.74, 6) is -0.678. The number of aromatic carboxylic acids is 1. The van der Waals surface area contributed by atoms with Gasteiger partial charge >= 0.3 is 5.97 Å². The largest absolute Gasteiger partial charge is 0.477 e. The Bertz CT molecular complexity index is 1300. The Morgan fingerprint density at radius 3 is 2.52 bits per heavy atom. The minimum Gasteiger partial charge on any atom is -0.477 e. The second kappa shape index (κ2) is 8.30. The van der Waals surface area contributed by atoms with Crippen molar-refractivity contribution in [1.82, 2.24) is 15.3 Å². The number of piperidine rings is 1. The number of anilines is 1. The second-order valence-corrected chi connectivity index (χ2v) is 11.1. The van der Waals surface area contributed by atoms with E-state index >= 15 is 0 Å². The van der Waals surface area contributed by atoms with Crippen LogP contribution < -0.4 is 10.2 Å². The summed E-state index contributed by atoms with van der Waals surface area (Å²) in [5.41, 5.74) is 3.19. The maximum absolute atomic E-state index is 12.6. The van der Waals surface area contributed by atoms with Crippen LogP contribution in [0.3, 0.4) is 0 Å². The van der Waals surface area contributed by atoms with Crippen LogP contribution in [-0.4, -0.2) is 46.1 Å². The Morgan fingerprint density at radius 1 is 1.24 bits per heavy atom. The molecule has 0 bridgehead atoms. The Labute approximate surface area is 212 Å². The van der Waals surface area contributed by atoms with Gasteiger partial charge in [0.15, 0.2) is 5.13 Å². The van der Waals surface area contributed by atoms with E-state index in [0.29, 0.717) is 34.6 Å². The summed E-state index contributed by atoms with van der Waals surface area (Å²) in [6, 6.07) is 5.77. The molecule has 5 rings (SSSR count). The number of fused-ring (bicyclic) bond motifs is 1. The lowest BCUT2D eigenvalue weighted by molar-refractivity contribution is 0.0702. The molecular weight excluding hydrogens is 551 g/mol. The number of amides is 1. The predicted molar refractivity (Wildman–Crippen MR) is 133 cm³/mol. The molecule has 0 radical (unpaired) electrons. The van der Waals surface area contributed by atoms with Crippen LogP contribution in [0.1, 0.15) is 31.4 Å². The number of nitrogens with zero attached hydrogens (tertiary/aromatic N) is 2. The third-order valence-corrected chi connectivity index (χ3v) is 8.84. The fraction of sp³-hybridized carbons (Fsp3) is 0.318. The predicted octanol–water partition coefficient (Wildman–Crippen LogP) is 5.39. The number of benzene rings is 1. The van der Waals surface area contributed by atoms with Gasteiger partial charge in [-0.15, -0.1) is 0 Å². The summed E-state index contributed by atoms with van der Waals surface area (Å²) in [5, 5.41) is 14.1. The van der Waals surface area contributed by atoms with Crippen LogP contribution >= 0.6 is 50.5 Å². The van der Waals surface area contributed by atoms with Crippen molar-refractivity contribution in [2.75, 3.05) is 18.0 Å². The van der Waals surface area contributed by atoms with Crippen LogP contribution in [-0.2, 0) is 0 Å². The first kappa shape index (κ1) is 22.7. The molecule has 0 spiro atoms. The molecule has 1 amide bonds. The molecule has 1 saturated carbocycles. The molecule has 3 N–H and O–H groups in total. The highest BCUT2D eigenvalue weighted by atomic mass is 79.9. The van der Waals surface area contributed by atoms with Crippen LogP contribution in [0.25, 0.3) is 11.3 Å². The molecule has 7 nitrogen and oxygen atoms in total. The van der Waals surface area contributed by atoms with Crippen LogP contribution in [0, 0.1) is 25.7 Å². The van der Waals surface area contributed by atoms with Gasteiger partial charge in [-0.25, -0.2) is 9.78 Å². The van der Waals surface area contributed by atoms with Gasteiger partial charge in [0.1, 0.15) is 10.6 Å². The van der Waals surface area contributed by atoms with Gasteiger partial charge in [0.25, 0.3) is 5.91 Å². The zero-order valence-electron chi connectivity index (χ0n) is 17.6. The zero-order chi connectivity index (χ0) is 23.6. The molecule has 11 heteroatoms. The Kier molecular flexibility index (Phi) is 5.71. The molecule has 2 aromatic heterocycles. The quantitative estimate of drug-likeness (QED) is 0.383. The summed E-state index contributed by atoms with van der Waals surface area (Å²) in [6.45, 7) is 5.12. The van der Waals surface area contributed by atoms with Crippen LogP contribution in [0.5, 0.6) is 0 Å². The maximum atomic E-state index is 12.6. The average Bonchev–Trinajstić information content (AvgIpc) is 3.14. The molecule has 1 saturated heterocycles. The average molecular weight is 570 g/mol. The second-order valence-electron chi connectivity index (χ2n) is 8.42. The van der Waals surface area contributed by atoms with Gasteiger partial charge in [0.05, 0.1) is 15.7 Å². The number of rotatable bonds is 5. The van der Waals surface area contributed by atoms with E-state index in [9.17, 15) is 14.7 Å². The highest BCUT2D eigenvalue weighted by Crippen LogP contribution is 2.48. The fourth-order valence-corrected chi connectivity index (χ4v) is 6.34. The van der Waals surface area contributed by atoms with E-state index in [-0.39, 0.29) is 39.4 Å². The van der Waals surface area contributed by atoms with Crippen molar-refractivity contribution in [2.24, 2.45) is 11.8 Å². The van der Waals surface area contributed by atoms with Crippen molar-refractivity contribution >= 4 is 67.5 Å². The number of aromatic nitrogens is 2. The lowest BCUT2D eigenvalue weighted by Gasteiger charge is -2.19. The number of halogens is 3. The summed E-state index contributed by atoms with van der Waals surface area (Å²) in [6.07, 6.45) is 0.